The maximum Gasteiger partial charge on any atom is 0.271 e. The summed E-state index contributed by atoms with van der Waals surface area (Å²) in [6.07, 6.45) is 3.42. The summed E-state index contributed by atoms with van der Waals surface area (Å²) in [5.74, 6) is 1.45. The van der Waals surface area contributed by atoms with E-state index in [1.165, 1.54) is 11.3 Å². The molecule has 3 aromatic rings. The maximum atomic E-state index is 12.3. The van der Waals surface area contributed by atoms with Crippen molar-refractivity contribution in [3.63, 3.8) is 0 Å². The largest absolute Gasteiger partial charge is 0.462 e. The van der Waals surface area contributed by atoms with E-state index in [2.05, 4.69) is 32.1 Å². The Labute approximate surface area is 161 Å². The van der Waals surface area contributed by atoms with Crippen LogP contribution in [-0.2, 0) is 6.54 Å². The van der Waals surface area contributed by atoms with Gasteiger partial charge in [-0.25, -0.2) is 9.97 Å². The fourth-order valence-corrected chi connectivity index (χ4v) is 3.67. The molecular formula is C19H21N5O2S. The van der Waals surface area contributed by atoms with Gasteiger partial charge in [-0.05, 0) is 30.8 Å². The van der Waals surface area contributed by atoms with Crippen LogP contribution >= 0.6 is 11.3 Å². The number of pyridine rings is 1. The molecular weight excluding hydrogens is 362 g/mol. The number of carbonyl (C=O) groups excluding carboxylic acids is 1. The van der Waals surface area contributed by atoms with E-state index in [0.717, 1.165) is 37.6 Å². The molecule has 3 aromatic heterocycles. The van der Waals surface area contributed by atoms with E-state index in [1.807, 2.05) is 24.4 Å². The molecule has 27 heavy (non-hydrogen) atoms. The highest BCUT2D eigenvalue weighted by molar-refractivity contribution is 7.13. The molecule has 0 bridgehead atoms. The Kier molecular flexibility index (Phi) is 5.17. The van der Waals surface area contributed by atoms with Crippen molar-refractivity contribution in [3.05, 3.63) is 53.4 Å². The number of aromatic nitrogens is 2. The molecule has 8 heteroatoms. The Balaban J connectivity index is 1.32. The fourth-order valence-electron chi connectivity index (χ4n) is 2.91. The van der Waals surface area contributed by atoms with Crippen molar-refractivity contribution >= 4 is 23.1 Å². The van der Waals surface area contributed by atoms with Gasteiger partial charge in [-0.3, -0.25) is 4.79 Å². The van der Waals surface area contributed by atoms with Crippen molar-refractivity contribution < 1.29 is 9.21 Å². The van der Waals surface area contributed by atoms with Crippen LogP contribution in [0.2, 0.25) is 0 Å². The van der Waals surface area contributed by atoms with Crippen LogP contribution in [0.5, 0.6) is 0 Å². The second-order valence-electron chi connectivity index (χ2n) is 6.51. The molecule has 140 valence electrons. The van der Waals surface area contributed by atoms with Gasteiger partial charge in [0, 0.05) is 44.3 Å². The number of thiazole rings is 1. The topological polar surface area (TPSA) is 74.5 Å². The molecule has 0 saturated carbocycles. The third kappa shape index (κ3) is 4.17. The standard InChI is InChI=1S/C19H21N5O2S/c1-23-6-8-24(9-7-23)17-5-4-14(11-20-17)12-21-18(25)15-13-27-19(22-15)16-3-2-10-26-16/h2-5,10-11,13H,6-9,12H2,1H3,(H,21,25). The van der Waals surface area contributed by atoms with Crippen LogP contribution in [0.3, 0.4) is 0 Å². The van der Waals surface area contributed by atoms with E-state index < -0.39 is 0 Å². The summed E-state index contributed by atoms with van der Waals surface area (Å²) in [5, 5.41) is 5.33. The summed E-state index contributed by atoms with van der Waals surface area (Å²) in [7, 11) is 2.14. The number of likely N-dealkylation sites (N-methyl/N-ethyl adjacent to an activating group) is 1. The van der Waals surface area contributed by atoms with Crippen LogP contribution in [0.1, 0.15) is 16.1 Å². The fraction of sp³-hybridized carbons (Fsp3) is 0.316. The van der Waals surface area contributed by atoms with Gasteiger partial charge in [0.05, 0.1) is 6.26 Å². The van der Waals surface area contributed by atoms with E-state index in [9.17, 15) is 4.79 Å². The average molecular weight is 383 g/mol. The molecule has 0 radical (unpaired) electrons. The first kappa shape index (κ1) is 17.7. The highest BCUT2D eigenvalue weighted by Crippen LogP contribution is 2.23. The minimum atomic E-state index is -0.202. The van der Waals surface area contributed by atoms with Gasteiger partial charge < -0.3 is 19.5 Å². The van der Waals surface area contributed by atoms with Crippen molar-refractivity contribution in [2.45, 2.75) is 6.54 Å². The van der Waals surface area contributed by atoms with Crippen molar-refractivity contribution in [1.82, 2.24) is 20.2 Å². The molecule has 0 atom stereocenters. The molecule has 1 aliphatic heterocycles. The lowest BCUT2D eigenvalue weighted by atomic mass is 10.2. The zero-order valence-corrected chi connectivity index (χ0v) is 15.9. The number of carbonyl (C=O) groups is 1. The number of piperazine rings is 1. The van der Waals surface area contributed by atoms with E-state index in [-0.39, 0.29) is 5.91 Å². The van der Waals surface area contributed by atoms with Gasteiger partial charge in [-0.15, -0.1) is 11.3 Å². The molecule has 7 nitrogen and oxygen atoms in total. The average Bonchev–Trinajstić information content (AvgIpc) is 3.39. The Morgan fingerprint density at radius 3 is 2.81 bits per heavy atom. The lowest BCUT2D eigenvalue weighted by Crippen LogP contribution is -2.44. The maximum absolute atomic E-state index is 12.3. The van der Waals surface area contributed by atoms with Gasteiger partial charge in [0.25, 0.3) is 5.91 Å². The number of hydrogen-bond acceptors (Lipinski definition) is 7. The molecule has 0 unspecified atom stereocenters. The van der Waals surface area contributed by atoms with Gasteiger partial charge >= 0.3 is 0 Å². The van der Waals surface area contributed by atoms with Crippen LogP contribution in [0.4, 0.5) is 5.82 Å². The lowest BCUT2D eigenvalue weighted by Gasteiger charge is -2.33. The zero-order valence-electron chi connectivity index (χ0n) is 15.1. The molecule has 4 rings (SSSR count). The summed E-state index contributed by atoms with van der Waals surface area (Å²) >= 11 is 1.39. The predicted octanol–water partition coefficient (Wildman–Crippen LogP) is 2.48. The van der Waals surface area contributed by atoms with Crippen molar-refractivity contribution in [2.24, 2.45) is 0 Å². The number of furan rings is 1. The number of rotatable bonds is 5. The number of nitrogens with one attached hydrogen (secondary N) is 1. The van der Waals surface area contributed by atoms with Crippen LogP contribution in [-0.4, -0.2) is 54.0 Å². The van der Waals surface area contributed by atoms with Crippen LogP contribution in [0.25, 0.3) is 10.8 Å². The number of anilines is 1. The Morgan fingerprint density at radius 1 is 1.26 bits per heavy atom. The van der Waals surface area contributed by atoms with Crippen LogP contribution in [0, 0.1) is 0 Å². The van der Waals surface area contributed by atoms with E-state index in [4.69, 9.17) is 4.42 Å². The van der Waals surface area contributed by atoms with Crippen molar-refractivity contribution in [2.75, 3.05) is 38.1 Å². The molecule has 1 saturated heterocycles. The summed E-state index contributed by atoms with van der Waals surface area (Å²) in [4.78, 5) is 25.8. The van der Waals surface area contributed by atoms with Gasteiger partial charge in [0.2, 0.25) is 0 Å². The Hall–Kier alpha value is -2.71. The number of amides is 1. The van der Waals surface area contributed by atoms with E-state index in [0.29, 0.717) is 23.0 Å². The first-order valence-electron chi connectivity index (χ1n) is 8.85. The van der Waals surface area contributed by atoms with Gasteiger partial charge in [-0.1, -0.05) is 6.07 Å². The molecule has 1 amide bonds. The number of hydrogen-bond donors (Lipinski definition) is 1. The first-order chi connectivity index (χ1) is 13.2. The lowest BCUT2D eigenvalue weighted by molar-refractivity contribution is 0.0946. The highest BCUT2D eigenvalue weighted by atomic mass is 32.1. The van der Waals surface area contributed by atoms with Gasteiger partial charge in [0.15, 0.2) is 10.8 Å². The molecule has 1 fully saturated rings. The quantitative estimate of drug-likeness (QED) is 0.730. The zero-order chi connectivity index (χ0) is 18.6. The van der Waals surface area contributed by atoms with Crippen LogP contribution < -0.4 is 10.2 Å². The molecule has 0 aromatic carbocycles. The summed E-state index contributed by atoms with van der Waals surface area (Å²) < 4.78 is 5.31. The molecule has 4 heterocycles. The monoisotopic (exact) mass is 383 g/mol. The predicted molar refractivity (Wildman–Crippen MR) is 105 cm³/mol. The van der Waals surface area contributed by atoms with E-state index in [1.54, 1.807) is 17.7 Å². The van der Waals surface area contributed by atoms with Crippen LogP contribution in [0.15, 0.2) is 46.5 Å². The summed E-state index contributed by atoms with van der Waals surface area (Å²) in [6.45, 7) is 4.49. The Bertz CT molecular complexity index is 883. The van der Waals surface area contributed by atoms with Crippen molar-refractivity contribution in [3.8, 4) is 10.8 Å². The SMILES string of the molecule is CN1CCN(c2ccc(CNC(=O)c3csc(-c4ccco4)n3)cn2)CC1. The normalized spacial score (nSPS) is 15.1. The van der Waals surface area contributed by atoms with E-state index >= 15 is 0 Å². The first-order valence-corrected chi connectivity index (χ1v) is 9.73. The molecule has 0 spiro atoms. The van der Waals surface area contributed by atoms with Gasteiger partial charge in [0.1, 0.15) is 11.5 Å². The highest BCUT2D eigenvalue weighted by Gasteiger charge is 2.16. The Morgan fingerprint density at radius 2 is 2.11 bits per heavy atom. The second kappa shape index (κ2) is 7.89. The minimum Gasteiger partial charge on any atom is -0.462 e. The minimum absolute atomic E-state index is 0.202. The molecule has 0 aliphatic carbocycles. The smallest absolute Gasteiger partial charge is 0.271 e. The third-order valence-electron chi connectivity index (χ3n) is 4.56. The number of nitrogens with zero attached hydrogens (tertiary/aromatic N) is 4. The third-order valence-corrected chi connectivity index (χ3v) is 5.42. The summed E-state index contributed by atoms with van der Waals surface area (Å²) in [5.41, 5.74) is 1.36. The second-order valence-corrected chi connectivity index (χ2v) is 7.37. The van der Waals surface area contributed by atoms with Crippen molar-refractivity contribution in [1.29, 1.82) is 0 Å². The molecule has 1 aliphatic rings. The molecule has 1 N–H and O–H groups in total. The van der Waals surface area contributed by atoms with Gasteiger partial charge in [-0.2, -0.15) is 0 Å². The summed E-state index contributed by atoms with van der Waals surface area (Å²) in [6, 6.07) is 7.66.